The molecule has 0 radical (unpaired) electrons. The van der Waals surface area contributed by atoms with E-state index in [0.29, 0.717) is 42.5 Å². The van der Waals surface area contributed by atoms with E-state index in [1.54, 1.807) is 23.1 Å². The van der Waals surface area contributed by atoms with Gasteiger partial charge in [-0.25, -0.2) is 0 Å². The van der Waals surface area contributed by atoms with E-state index in [9.17, 15) is 9.59 Å². The zero-order chi connectivity index (χ0) is 15.4. The maximum atomic E-state index is 12.4. The lowest BCUT2D eigenvalue weighted by molar-refractivity contribution is -0.142. The number of carbonyl (C=O) groups is 2. The number of esters is 1. The molecule has 2 rings (SSSR count). The summed E-state index contributed by atoms with van der Waals surface area (Å²) in [5.74, 6) is -0.380. The Morgan fingerprint density at radius 3 is 2.45 bits per heavy atom. The minimum atomic E-state index is -0.267. The Labute approximate surface area is 140 Å². The molecule has 1 aliphatic rings. The van der Waals surface area contributed by atoms with Crippen molar-refractivity contribution in [1.29, 1.82) is 0 Å². The highest BCUT2D eigenvalue weighted by Gasteiger charge is 2.24. The van der Waals surface area contributed by atoms with Crippen molar-refractivity contribution in [3.05, 3.63) is 28.8 Å². The average molecular weight is 348 g/mol. The Morgan fingerprint density at radius 1 is 1.27 bits per heavy atom. The first-order valence-corrected chi connectivity index (χ1v) is 7.02. The molecular weight excluding hydrogens is 329 g/mol. The summed E-state index contributed by atoms with van der Waals surface area (Å²) in [6.07, 6.45) is 0. The second-order valence-corrected chi connectivity index (χ2v) is 5.29. The third-order valence-electron chi connectivity index (χ3n) is 3.46. The van der Waals surface area contributed by atoms with E-state index in [1.165, 1.54) is 7.11 Å². The van der Waals surface area contributed by atoms with Gasteiger partial charge in [-0.05, 0) is 18.2 Å². The van der Waals surface area contributed by atoms with Gasteiger partial charge in [0.25, 0.3) is 5.91 Å². The molecule has 1 amide bonds. The molecule has 1 aromatic rings. The number of hydrogen-bond acceptors (Lipinski definition) is 5. The summed E-state index contributed by atoms with van der Waals surface area (Å²) >= 11 is 6.06. The molecule has 0 saturated carbocycles. The summed E-state index contributed by atoms with van der Waals surface area (Å²) in [5.41, 5.74) is 6.60. The van der Waals surface area contributed by atoms with Gasteiger partial charge < -0.3 is 15.4 Å². The molecule has 0 aromatic heterocycles. The first kappa shape index (κ1) is 18.5. The maximum Gasteiger partial charge on any atom is 0.319 e. The Bertz CT molecular complexity index is 546. The van der Waals surface area contributed by atoms with Crippen molar-refractivity contribution in [3.63, 3.8) is 0 Å². The summed E-state index contributed by atoms with van der Waals surface area (Å²) in [6, 6.07) is 4.87. The molecule has 0 atom stereocenters. The van der Waals surface area contributed by atoms with Gasteiger partial charge in [0.05, 0.1) is 24.2 Å². The molecular formula is C14H19Cl2N3O3. The number of anilines is 1. The molecule has 1 saturated heterocycles. The standard InChI is InChI=1S/C14H18ClN3O3.ClH/c1-21-13(19)9-17-4-6-18(7-5-17)14(20)11-3-2-10(16)8-12(11)15;/h2-3,8H,4-7,9,16H2,1H3;1H. The van der Waals surface area contributed by atoms with Gasteiger partial charge in [-0.2, -0.15) is 0 Å². The summed E-state index contributed by atoms with van der Waals surface area (Å²) in [7, 11) is 1.37. The van der Waals surface area contributed by atoms with Crippen LogP contribution in [0.4, 0.5) is 5.69 Å². The van der Waals surface area contributed by atoms with Gasteiger partial charge in [0.15, 0.2) is 0 Å². The fraction of sp³-hybridized carbons (Fsp3) is 0.429. The summed E-state index contributed by atoms with van der Waals surface area (Å²) in [4.78, 5) is 27.3. The Balaban J connectivity index is 0.00000242. The number of hydrogen-bond donors (Lipinski definition) is 1. The lowest BCUT2D eigenvalue weighted by Gasteiger charge is -2.34. The number of nitrogens with two attached hydrogens (primary N) is 1. The van der Waals surface area contributed by atoms with Crippen molar-refractivity contribution < 1.29 is 14.3 Å². The number of nitrogen functional groups attached to an aromatic ring is 1. The van der Waals surface area contributed by atoms with Crippen molar-refractivity contribution in [1.82, 2.24) is 9.80 Å². The van der Waals surface area contributed by atoms with Crippen molar-refractivity contribution in [2.24, 2.45) is 0 Å². The van der Waals surface area contributed by atoms with E-state index in [1.807, 2.05) is 4.90 Å². The fourth-order valence-corrected chi connectivity index (χ4v) is 2.50. The zero-order valence-corrected chi connectivity index (χ0v) is 13.8. The quantitative estimate of drug-likeness (QED) is 0.658. The second kappa shape index (κ2) is 8.22. The van der Waals surface area contributed by atoms with Crippen LogP contribution in [-0.2, 0) is 9.53 Å². The summed E-state index contributed by atoms with van der Waals surface area (Å²) < 4.78 is 4.63. The molecule has 22 heavy (non-hydrogen) atoms. The zero-order valence-electron chi connectivity index (χ0n) is 12.3. The first-order chi connectivity index (χ1) is 10.0. The fourth-order valence-electron chi connectivity index (χ4n) is 2.23. The molecule has 0 bridgehead atoms. The Hall–Kier alpha value is -1.50. The van der Waals surface area contributed by atoms with Crippen LogP contribution in [0, 0.1) is 0 Å². The van der Waals surface area contributed by atoms with Crippen molar-refractivity contribution in [2.45, 2.75) is 0 Å². The number of amides is 1. The number of carbonyl (C=O) groups excluding carboxylic acids is 2. The van der Waals surface area contributed by atoms with E-state index < -0.39 is 0 Å². The van der Waals surface area contributed by atoms with Crippen LogP contribution in [0.15, 0.2) is 18.2 Å². The SMILES string of the molecule is COC(=O)CN1CCN(C(=O)c2ccc(N)cc2Cl)CC1.Cl. The molecule has 6 nitrogen and oxygen atoms in total. The molecule has 1 heterocycles. The van der Waals surface area contributed by atoms with Crippen LogP contribution in [0.2, 0.25) is 5.02 Å². The molecule has 1 fully saturated rings. The van der Waals surface area contributed by atoms with Crippen LogP contribution in [0.5, 0.6) is 0 Å². The van der Waals surface area contributed by atoms with E-state index in [-0.39, 0.29) is 30.8 Å². The van der Waals surface area contributed by atoms with E-state index >= 15 is 0 Å². The van der Waals surface area contributed by atoms with Gasteiger partial charge in [-0.1, -0.05) is 11.6 Å². The molecule has 0 aliphatic carbocycles. The largest absolute Gasteiger partial charge is 0.468 e. The number of nitrogens with zero attached hydrogens (tertiary/aromatic N) is 2. The van der Waals surface area contributed by atoms with Gasteiger partial charge in [-0.15, -0.1) is 12.4 Å². The number of piperazine rings is 1. The molecule has 1 aliphatic heterocycles. The van der Waals surface area contributed by atoms with E-state index in [4.69, 9.17) is 17.3 Å². The number of rotatable bonds is 3. The lowest BCUT2D eigenvalue weighted by atomic mass is 10.1. The van der Waals surface area contributed by atoms with E-state index in [2.05, 4.69) is 4.74 Å². The third kappa shape index (κ3) is 4.50. The van der Waals surface area contributed by atoms with Crippen molar-refractivity contribution >= 4 is 41.6 Å². The number of ether oxygens (including phenoxy) is 1. The molecule has 2 N–H and O–H groups in total. The van der Waals surface area contributed by atoms with Crippen LogP contribution in [0.1, 0.15) is 10.4 Å². The topological polar surface area (TPSA) is 75.9 Å². The van der Waals surface area contributed by atoms with Gasteiger partial charge in [0, 0.05) is 31.9 Å². The minimum Gasteiger partial charge on any atom is -0.468 e. The number of benzene rings is 1. The second-order valence-electron chi connectivity index (χ2n) is 4.88. The molecule has 0 spiro atoms. The first-order valence-electron chi connectivity index (χ1n) is 6.64. The predicted molar refractivity (Wildman–Crippen MR) is 87.5 cm³/mol. The van der Waals surface area contributed by atoms with Crippen LogP contribution < -0.4 is 5.73 Å². The Kier molecular flexibility index (Phi) is 6.93. The lowest BCUT2D eigenvalue weighted by Crippen LogP contribution is -2.50. The van der Waals surface area contributed by atoms with Crippen molar-refractivity contribution in [3.8, 4) is 0 Å². The maximum absolute atomic E-state index is 12.4. The van der Waals surface area contributed by atoms with Gasteiger partial charge in [-0.3, -0.25) is 14.5 Å². The molecule has 122 valence electrons. The van der Waals surface area contributed by atoms with Crippen molar-refractivity contribution in [2.75, 3.05) is 45.6 Å². The summed E-state index contributed by atoms with van der Waals surface area (Å²) in [6.45, 7) is 2.62. The van der Waals surface area contributed by atoms with Gasteiger partial charge >= 0.3 is 5.97 Å². The molecule has 1 aromatic carbocycles. The van der Waals surface area contributed by atoms with Crippen LogP contribution >= 0.6 is 24.0 Å². The van der Waals surface area contributed by atoms with Crippen LogP contribution in [0.25, 0.3) is 0 Å². The normalized spacial score (nSPS) is 15.1. The van der Waals surface area contributed by atoms with Crippen LogP contribution in [-0.4, -0.2) is 61.5 Å². The van der Waals surface area contributed by atoms with E-state index in [0.717, 1.165) is 0 Å². The monoisotopic (exact) mass is 347 g/mol. The third-order valence-corrected chi connectivity index (χ3v) is 3.78. The van der Waals surface area contributed by atoms with Gasteiger partial charge in [0.2, 0.25) is 0 Å². The Morgan fingerprint density at radius 2 is 1.91 bits per heavy atom. The molecule has 8 heteroatoms. The number of halogens is 2. The smallest absolute Gasteiger partial charge is 0.319 e. The highest BCUT2D eigenvalue weighted by atomic mass is 35.5. The molecule has 0 unspecified atom stereocenters. The highest BCUT2D eigenvalue weighted by molar-refractivity contribution is 6.34. The minimum absolute atomic E-state index is 0. The number of methoxy groups -OCH3 is 1. The highest BCUT2D eigenvalue weighted by Crippen LogP contribution is 2.21. The average Bonchev–Trinajstić information content (AvgIpc) is 2.47. The predicted octanol–water partition coefficient (Wildman–Crippen LogP) is 1.27. The van der Waals surface area contributed by atoms with Gasteiger partial charge in [0.1, 0.15) is 0 Å². The summed E-state index contributed by atoms with van der Waals surface area (Å²) in [5, 5.41) is 0.358. The van der Waals surface area contributed by atoms with Crippen LogP contribution in [0.3, 0.4) is 0 Å².